The maximum absolute atomic E-state index is 12.7. The molecule has 0 fully saturated rings. The Labute approximate surface area is 125 Å². The van der Waals surface area contributed by atoms with Crippen LogP contribution in [0.4, 0.5) is 5.69 Å². The van der Waals surface area contributed by atoms with E-state index in [0.717, 1.165) is 11.1 Å². The van der Waals surface area contributed by atoms with Crippen molar-refractivity contribution < 1.29 is 8.42 Å². The van der Waals surface area contributed by atoms with E-state index in [0.29, 0.717) is 0 Å². The highest BCUT2D eigenvalue weighted by Crippen LogP contribution is 2.28. The normalized spacial score (nSPS) is 13.3. The zero-order chi connectivity index (χ0) is 15.6. The SMILES string of the molecule is Cc1ccc(S(=O)(=O)N(C)C(C)c2ccncc2)c(N)c1. The van der Waals surface area contributed by atoms with Crippen LogP contribution in [0.25, 0.3) is 0 Å². The number of hydrogen-bond donors (Lipinski definition) is 1. The van der Waals surface area contributed by atoms with Crippen LogP contribution in [0.1, 0.15) is 24.1 Å². The lowest BCUT2D eigenvalue weighted by Gasteiger charge is -2.25. The van der Waals surface area contributed by atoms with Crippen LogP contribution in [0.3, 0.4) is 0 Å². The quantitative estimate of drug-likeness (QED) is 0.880. The maximum atomic E-state index is 12.7. The molecule has 0 spiro atoms. The first-order chi connectivity index (χ1) is 9.84. The molecule has 112 valence electrons. The van der Waals surface area contributed by atoms with Crippen LogP contribution in [-0.2, 0) is 10.0 Å². The number of rotatable bonds is 4. The molecule has 0 saturated carbocycles. The smallest absolute Gasteiger partial charge is 0.245 e. The van der Waals surface area contributed by atoms with Crippen LogP contribution >= 0.6 is 0 Å². The number of aromatic nitrogens is 1. The first kappa shape index (κ1) is 15.5. The molecule has 0 aliphatic heterocycles. The van der Waals surface area contributed by atoms with E-state index in [-0.39, 0.29) is 16.6 Å². The molecule has 0 amide bonds. The number of hydrogen-bond acceptors (Lipinski definition) is 4. The van der Waals surface area contributed by atoms with Crippen LogP contribution < -0.4 is 5.73 Å². The Balaban J connectivity index is 2.39. The molecule has 0 aliphatic rings. The van der Waals surface area contributed by atoms with Crippen molar-refractivity contribution in [3.63, 3.8) is 0 Å². The second-order valence-corrected chi connectivity index (χ2v) is 6.98. The molecule has 2 N–H and O–H groups in total. The van der Waals surface area contributed by atoms with Gasteiger partial charge in [-0.05, 0) is 49.2 Å². The zero-order valence-corrected chi connectivity index (χ0v) is 13.1. The summed E-state index contributed by atoms with van der Waals surface area (Å²) in [6, 6.07) is 8.25. The van der Waals surface area contributed by atoms with E-state index >= 15 is 0 Å². The summed E-state index contributed by atoms with van der Waals surface area (Å²) in [6.45, 7) is 3.70. The van der Waals surface area contributed by atoms with E-state index in [1.54, 1.807) is 49.8 Å². The van der Waals surface area contributed by atoms with Crippen molar-refractivity contribution in [2.75, 3.05) is 12.8 Å². The van der Waals surface area contributed by atoms with Gasteiger partial charge in [0.25, 0.3) is 0 Å². The highest BCUT2D eigenvalue weighted by Gasteiger charge is 2.27. The van der Waals surface area contributed by atoms with E-state index in [9.17, 15) is 8.42 Å². The fraction of sp³-hybridized carbons (Fsp3) is 0.267. The Bertz CT molecular complexity index is 730. The van der Waals surface area contributed by atoms with Crippen molar-refractivity contribution in [1.82, 2.24) is 9.29 Å². The van der Waals surface area contributed by atoms with Gasteiger partial charge in [-0.3, -0.25) is 4.98 Å². The number of sulfonamides is 1. The molecule has 1 heterocycles. The fourth-order valence-corrected chi connectivity index (χ4v) is 3.56. The van der Waals surface area contributed by atoms with Crippen LogP contribution in [0.5, 0.6) is 0 Å². The summed E-state index contributed by atoms with van der Waals surface area (Å²) in [5, 5.41) is 0. The molecule has 1 aromatic heterocycles. The van der Waals surface area contributed by atoms with Crippen LogP contribution in [-0.4, -0.2) is 24.8 Å². The van der Waals surface area contributed by atoms with Crippen LogP contribution in [0.2, 0.25) is 0 Å². The van der Waals surface area contributed by atoms with Gasteiger partial charge in [0.05, 0.1) is 5.69 Å². The summed E-state index contributed by atoms with van der Waals surface area (Å²) < 4.78 is 26.7. The Morgan fingerprint density at radius 3 is 2.38 bits per heavy atom. The van der Waals surface area contributed by atoms with Gasteiger partial charge in [-0.25, -0.2) is 8.42 Å². The lowest BCUT2D eigenvalue weighted by molar-refractivity contribution is 0.398. The molecule has 2 rings (SSSR count). The van der Waals surface area contributed by atoms with Crippen LogP contribution in [0, 0.1) is 6.92 Å². The van der Waals surface area contributed by atoms with Gasteiger partial charge < -0.3 is 5.73 Å². The summed E-state index contributed by atoms with van der Waals surface area (Å²) in [5.41, 5.74) is 7.94. The molecule has 21 heavy (non-hydrogen) atoms. The third-order valence-electron chi connectivity index (χ3n) is 3.56. The van der Waals surface area contributed by atoms with E-state index < -0.39 is 10.0 Å². The molecule has 0 aliphatic carbocycles. The largest absolute Gasteiger partial charge is 0.398 e. The molecule has 1 atom stereocenters. The number of nitrogens with two attached hydrogens (primary N) is 1. The van der Waals surface area contributed by atoms with Crippen molar-refractivity contribution in [2.45, 2.75) is 24.8 Å². The maximum Gasteiger partial charge on any atom is 0.245 e. The second-order valence-electron chi connectivity index (χ2n) is 5.02. The summed E-state index contributed by atoms with van der Waals surface area (Å²) in [6.07, 6.45) is 3.29. The molecule has 0 radical (unpaired) electrons. The van der Waals surface area contributed by atoms with Gasteiger partial charge >= 0.3 is 0 Å². The van der Waals surface area contributed by atoms with Gasteiger partial charge in [0.2, 0.25) is 10.0 Å². The number of anilines is 1. The third kappa shape index (κ3) is 3.06. The van der Waals surface area contributed by atoms with Gasteiger partial charge in [0.1, 0.15) is 4.90 Å². The van der Waals surface area contributed by atoms with Gasteiger partial charge in [0.15, 0.2) is 0 Å². The first-order valence-electron chi connectivity index (χ1n) is 6.58. The predicted molar refractivity (Wildman–Crippen MR) is 83.2 cm³/mol. The number of nitrogens with zero attached hydrogens (tertiary/aromatic N) is 2. The van der Waals surface area contributed by atoms with E-state index in [1.165, 1.54) is 4.31 Å². The highest BCUT2D eigenvalue weighted by molar-refractivity contribution is 7.89. The van der Waals surface area contributed by atoms with Gasteiger partial charge in [-0.1, -0.05) is 6.07 Å². The Kier molecular flexibility index (Phi) is 4.29. The average molecular weight is 305 g/mol. The summed E-state index contributed by atoms with van der Waals surface area (Å²) in [4.78, 5) is 4.08. The molecule has 2 aromatic rings. The average Bonchev–Trinajstić information content (AvgIpc) is 2.46. The lowest BCUT2D eigenvalue weighted by Crippen LogP contribution is -2.30. The summed E-state index contributed by atoms with van der Waals surface area (Å²) >= 11 is 0. The number of benzene rings is 1. The molecule has 1 aromatic carbocycles. The van der Waals surface area contributed by atoms with Crippen molar-refractivity contribution in [3.8, 4) is 0 Å². The molecule has 0 saturated heterocycles. The van der Waals surface area contributed by atoms with Gasteiger partial charge in [-0.15, -0.1) is 0 Å². The molecule has 0 bridgehead atoms. The van der Waals surface area contributed by atoms with E-state index in [2.05, 4.69) is 4.98 Å². The Hall–Kier alpha value is -1.92. The van der Waals surface area contributed by atoms with E-state index in [1.807, 2.05) is 13.8 Å². The first-order valence-corrected chi connectivity index (χ1v) is 8.02. The topological polar surface area (TPSA) is 76.3 Å². The number of aryl methyl sites for hydroxylation is 1. The van der Waals surface area contributed by atoms with Crippen LogP contribution in [0.15, 0.2) is 47.6 Å². The molecule has 6 heteroatoms. The minimum atomic E-state index is -3.65. The summed E-state index contributed by atoms with van der Waals surface area (Å²) in [5.74, 6) is 0. The molecular weight excluding hydrogens is 286 g/mol. The molecule has 5 nitrogen and oxygen atoms in total. The standard InChI is InChI=1S/C15H19N3O2S/c1-11-4-5-15(14(16)10-11)21(19,20)18(3)12(2)13-6-8-17-9-7-13/h4-10,12H,16H2,1-3H3. The number of nitrogen functional groups attached to an aromatic ring is 1. The van der Waals surface area contributed by atoms with Crippen molar-refractivity contribution in [1.29, 1.82) is 0 Å². The van der Waals surface area contributed by atoms with Crippen molar-refractivity contribution in [3.05, 3.63) is 53.9 Å². The monoisotopic (exact) mass is 305 g/mol. The Morgan fingerprint density at radius 2 is 1.81 bits per heavy atom. The Morgan fingerprint density at radius 1 is 1.19 bits per heavy atom. The predicted octanol–water partition coefficient (Wildman–Crippen LogP) is 2.35. The molecular formula is C15H19N3O2S. The van der Waals surface area contributed by atoms with Gasteiger partial charge in [-0.2, -0.15) is 4.31 Å². The minimum Gasteiger partial charge on any atom is -0.398 e. The zero-order valence-electron chi connectivity index (χ0n) is 12.3. The second kappa shape index (κ2) is 5.83. The lowest BCUT2D eigenvalue weighted by atomic mass is 10.1. The third-order valence-corrected chi connectivity index (χ3v) is 5.56. The van der Waals surface area contributed by atoms with E-state index in [4.69, 9.17) is 5.73 Å². The number of pyridine rings is 1. The minimum absolute atomic E-state index is 0.136. The highest BCUT2D eigenvalue weighted by atomic mass is 32.2. The van der Waals surface area contributed by atoms with Crippen molar-refractivity contribution in [2.24, 2.45) is 0 Å². The van der Waals surface area contributed by atoms with Gasteiger partial charge in [0, 0.05) is 25.5 Å². The molecule has 1 unspecified atom stereocenters. The fourth-order valence-electron chi connectivity index (χ4n) is 2.12. The summed E-state index contributed by atoms with van der Waals surface area (Å²) in [7, 11) is -2.09. The van der Waals surface area contributed by atoms with Crippen molar-refractivity contribution >= 4 is 15.7 Å².